The van der Waals surface area contributed by atoms with Crippen LogP contribution in [0.2, 0.25) is 0 Å². The molecule has 6 nitrogen and oxygen atoms in total. The van der Waals surface area contributed by atoms with Crippen LogP contribution in [-0.4, -0.2) is 38.6 Å². The van der Waals surface area contributed by atoms with Crippen molar-refractivity contribution < 1.29 is 9.90 Å². The third kappa shape index (κ3) is 3.29. The third-order valence-electron chi connectivity index (χ3n) is 7.19. The van der Waals surface area contributed by atoms with Gasteiger partial charge in [0.1, 0.15) is 6.04 Å². The topological polar surface area (TPSA) is 78.3 Å². The number of aliphatic carboxylic acids is 1. The molecule has 6 heteroatoms. The summed E-state index contributed by atoms with van der Waals surface area (Å²) < 4.78 is 1.88. The van der Waals surface area contributed by atoms with Crippen molar-refractivity contribution in [3.63, 3.8) is 0 Å². The normalized spacial score (nSPS) is 21.0. The van der Waals surface area contributed by atoms with Crippen molar-refractivity contribution in [1.29, 1.82) is 0 Å². The van der Waals surface area contributed by atoms with Crippen LogP contribution in [0.3, 0.4) is 0 Å². The minimum absolute atomic E-state index is 0.0356. The Kier molecular flexibility index (Phi) is 4.69. The van der Waals surface area contributed by atoms with Gasteiger partial charge in [-0.25, -0.2) is 0 Å². The maximum absolute atomic E-state index is 12.8. The largest absolute Gasteiger partial charge is 0.480 e. The van der Waals surface area contributed by atoms with Crippen molar-refractivity contribution in [3.05, 3.63) is 94.4 Å². The summed E-state index contributed by atoms with van der Waals surface area (Å²) in [5, 5.41) is 11.5. The molecule has 166 valence electrons. The summed E-state index contributed by atoms with van der Waals surface area (Å²) in [6.07, 6.45) is 0.992. The van der Waals surface area contributed by atoms with Gasteiger partial charge in [-0.1, -0.05) is 54.6 Å². The fraction of sp³-hybridized carbons (Fsp3) is 0.259. The summed E-state index contributed by atoms with van der Waals surface area (Å²) in [4.78, 5) is 30.8. The molecule has 4 aromatic rings. The van der Waals surface area contributed by atoms with Crippen molar-refractivity contribution >= 4 is 16.9 Å². The molecule has 0 saturated carbocycles. The number of carboxylic acid groups (broad SMARTS) is 1. The number of pyridine rings is 1. The second kappa shape index (κ2) is 7.74. The first-order valence-electron chi connectivity index (χ1n) is 11.4. The fourth-order valence-corrected chi connectivity index (χ4v) is 5.89. The Morgan fingerprint density at radius 2 is 1.73 bits per heavy atom. The number of benzene rings is 2. The van der Waals surface area contributed by atoms with Crippen molar-refractivity contribution in [2.45, 2.75) is 24.9 Å². The van der Waals surface area contributed by atoms with Gasteiger partial charge < -0.3 is 14.7 Å². The number of carbonyl (C=O) groups is 1. The highest BCUT2D eigenvalue weighted by Crippen LogP contribution is 2.42. The van der Waals surface area contributed by atoms with E-state index in [0.29, 0.717) is 19.6 Å². The van der Waals surface area contributed by atoms with Gasteiger partial charge in [-0.15, -0.1) is 0 Å². The van der Waals surface area contributed by atoms with Gasteiger partial charge in [0, 0.05) is 53.8 Å². The highest BCUT2D eigenvalue weighted by molar-refractivity contribution is 5.95. The molecule has 2 aliphatic rings. The predicted octanol–water partition coefficient (Wildman–Crippen LogP) is 4.24. The van der Waals surface area contributed by atoms with Crippen LogP contribution in [-0.2, 0) is 11.3 Å². The van der Waals surface area contributed by atoms with Crippen LogP contribution in [0.5, 0.6) is 0 Å². The van der Waals surface area contributed by atoms with Crippen LogP contribution in [0.25, 0.3) is 22.2 Å². The number of fused-ring (bicyclic) bond motifs is 5. The lowest BCUT2D eigenvalue weighted by molar-refractivity contribution is -0.144. The number of likely N-dealkylation sites (tertiary alicyclic amines) is 1. The molecule has 0 aliphatic carbocycles. The first kappa shape index (κ1) is 20.0. The van der Waals surface area contributed by atoms with Crippen molar-refractivity contribution in [1.82, 2.24) is 14.5 Å². The molecule has 1 saturated heterocycles. The molecule has 3 atom stereocenters. The van der Waals surface area contributed by atoms with Gasteiger partial charge in [-0.2, -0.15) is 0 Å². The van der Waals surface area contributed by atoms with Gasteiger partial charge in [-0.05, 0) is 30.0 Å². The minimum Gasteiger partial charge on any atom is -0.480 e. The molecule has 2 aliphatic heterocycles. The Labute approximate surface area is 191 Å². The Morgan fingerprint density at radius 3 is 2.55 bits per heavy atom. The van der Waals surface area contributed by atoms with Crippen LogP contribution < -0.4 is 5.56 Å². The zero-order chi connectivity index (χ0) is 22.5. The lowest BCUT2D eigenvalue weighted by Crippen LogP contribution is -2.49. The lowest BCUT2D eigenvalue weighted by Gasteiger charge is -2.44. The molecule has 2 aromatic carbocycles. The Bertz CT molecular complexity index is 1410. The van der Waals surface area contributed by atoms with Crippen LogP contribution >= 0.6 is 0 Å². The number of piperidine rings is 1. The van der Waals surface area contributed by atoms with Gasteiger partial charge in [0.25, 0.3) is 5.56 Å². The first-order valence-corrected chi connectivity index (χ1v) is 11.4. The van der Waals surface area contributed by atoms with Gasteiger partial charge in [0.05, 0.1) is 5.69 Å². The van der Waals surface area contributed by atoms with Gasteiger partial charge in [0.15, 0.2) is 0 Å². The van der Waals surface area contributed by atoms with E-state index >= 15 is 0 Å². The molecule has 2 bridgehead atoms. The SMILES string of the molecule is O=C(O)C(c1c(-c2ccccc2)[nH]c2ccccc12)N1CC2C[C@@H](C1)c1cccc(=O)n1C2. The maximum Gasteiger partial charge on any atom is 0.325 e. The molecule has 33 heavy (non-hydrogen) atoms. The van der Waals surface area contributed by atoms with E-state index in [2.05, 4.69) is 9.88 Å². The Hall–Kier alpha value is -3.64. The molecule has 2 aromatic heterocycles. The number of hydrogen-bond acceptors (Lipinski definition) is 3. The van der Waals surface area contributed by atoms with E-state index in [1.165, 1.54) is 0 Å². The minimum atomic E-state index is -0.845. The van der Waals surface area contributed by atoms with Crippen LogP contribution in [0, 0.1) is 5.92 Å². The van der Waals surface area contributed by atoms with Gasteiger partial charge >= 0.3 is 5.97 Å². The highest BCUT2D eigenvalue weighted by atomic mass is 16.4. The summed E-state index contributed by atoms with van der Waals surface area (Å²) >= 11 is 0. The summed E-state index contributed by atoms with van der Waals surface area (Å²) in [7, 11) is 0. The average Bonchev–Trinajstić information content (AvgIpc) is 3.20. The molecular weight excluding hydrogens is 414 g/mol. The standard InChI is InChI=1S/C27H25N3O3/c31-23-12-6-11-22-19-13-17(15-30(22)23)14-29(16-19)26(27(32)33)24-20-9-4-5-10-21(20)28-25(24)18-7-2-1-3-8-18/h1-12,17,19,26,28H,13-16H2,(H,32,33)/t17?,19-,26?/m0/s1. The van der Waals surface area contributed by atoms with Gasteiger partial charge in [0.2, 0.25) is 0 Å². The summed E-state index contributed by atoms with van der Waals surface area (Å²) in [6.45, 7) is 1.92. The number of nitrogens with one attached hydrogen (secondary N) is 1. The summed E-state index contributed by atoms with van der Waals surface area (Å²) in [5.41, 5.74) is 4.64. The summed E-state index contributed by atoms with van der Waals surface area (Å²) in [6, 6.07) is 22.5. The van der Waals surface area contributed by atoms with E-state index in [1.807, 2.05) is 71.3 Å². The van der Waals surface area contributed by atoms with Crippen LogP contribution in [0.1, 0.15) is 29.6 Å². The lowest BCUT2D eigenvalue weighted by atomic mass is 9.81. The second-order valence-corrected chi connectivity index (χ2v) is 9.22. The van der Waals surface area contributed by atoms with E-state index in [1.54, 1.807) is 6.07 Å². The number of carboxylic acids is 1. The predicted molar refractivity (Wildman–Crippen MR) is 127 cm³/mol. The van der Waals surface area contributed by atoms with E-state index in [0.717, 1.165) is 39.8 Å². The molecule has 2 N–H and O–H groups in total. The number of para-hydroxylation sites is 1. The smallest absolute Gasteiger partial charge is 0.325 e. The first-order chi connectivity index (χ1) is 16.1. The molecule has 0 amide bonds. The quantitative estimate of drug-likeness (QED) is 0.499. The van der Waals surface area contributed by atoms with Gasteiger partial charge in [-0.3, -0.25) is 14.5 Å². The van der Waals surface area contributed by atoms with E-state index in [-0.39, 0.29) is 17.4 Å². The van der Waals surface area contributed by atoms with E-state index < -0.39 is 12.0 Å². The second-order valence-electron chi connectivity index (χ2n) is 9.22. The highest BCUT2D eigenvalue weighted by Gasteiger charge is 2.41. The molecule has 0 spiro atoms. The molecule has 2 unspecified atom stereocenters. The zero-order valence-electron chi connectivity index (χ0n) is 18.1. The van der Waals surface area contributed by atoms with E-state index in [4.69, 9.17) is 0 Å². The maximum atomic E-state index is 12.8. The van der Waals surface area contributed by atoms with Crippen molar-refractivity contribution in [2.24, 2.45) is 5.92 Å². The molecule has 0 radical (unpaired) electrons. The number of H-pyrrole nitrogens is 1. The average molecular weight is 440 g/mol. The third-order valence-corrected chi connectivity index (χ3v) is 7.19. The Morgan fingerprint density at radius 1 is 0.939 bits per heavy atom. The Balaban J connectivity index is 1.48. The number of aromatic amines is 1. The van der Waals surface area contributed by atoms with E-state index in [9.17, 15) is 14.7 Å². The molecule has 1 fully saturated rings. The number of hydrogen-bond donors (Lipinski definition) is 2. The number of nitrogens with zero attached hydrogens (tertiary/aromatic N) is 2. The number of rotatable bonds is 4. The van der Waals surface area contributed by atoms with Crippen LogP contribution in [0.4, 0.5) is 0 Å². The molecule has 4 heterocycles. The number of aromatic nitrogens is 2. The zero-order valence-corrected chi connectivity index (χ0v) is 18.1. The monoisotopic (exact) mass is 439 g/mol. The summed E-state index contributed by atoms with van der Waals surface area (Å²) in [5.74, 6) is -0.440. The van der Waals surface area contributed by atoms with Crippen molar-refractivity contribution in [3.8, 4) is 11.3 Å². The molecular formula is C27H25N3O3. The fourth-order valence-electron chi connectivity index (χ4n) is 5.89. The molecule has 6 rings (SSSR count). The van der Waals surface area contributed by atoms with Crippen molar-refractivity contribution in [2.75, 3.05) is 13.1 Å². The van der Waals surface area contributed by atoms with Crippen LogP contribution in [0.15, 0.2) is 77.6 Å².